The molecule has 0 radical (unpaired) electrons. The number of halogens is 2. The predicted octanol–water partition coefficient (Wildman–Crippen LogP) is 4.37. The number of amides is 1. The molecule has 10 heteroatoms. The van der Waals surface area contributed by atoms with Gasteiger partial charge in [-0.25, -0.2) is 17.2 Å². The molecule has 1 heterocycles. The standard InChI is InChI=1S/C26H28F2N2O5S/c1-15(14-35-3)23-22(26(32)29-13-17-8-10-20(11-9-17)36(4,33)34)24(31)21(16(2)30-23)18-6-5-7-19(12-18)25(27)28/h5-12,15,25H,13-14H2,1-4H3,(H,29,32)(H,30,31)/t15-/m1/s1. The number of aromatic amines is 1. The van der Waals surface area contributed by atoms with E-state index in [1.165, 1.54) is 37.4 Å². The summed E-state index contributed by atoms with van der Waals surface area (Å²) in [5.41, 5.74) is 0.921. The van der Waals surface area contributed by atoms with Crippen LogP contribution in [-0.2, 0) is 21.1 Å². The van der Waals surface area contributed by atoms with Crippen LogP contribution in [0.1, 0.15) is 52.1 Å². The van der Waals surface area contributed by atoms with Gasteiger partial charge in [0.1, 0.15) is 5.56 Å². The molecule has 3 rings (SSSR count). The number of rotatable bonds is 9. The van der Waals surface area contributed by atoms with E-state index in [4.69, 9.17) is 4.74 Å². The number of hydrogen-bond donors (Lipinski definition) is 2. The first-order valence-electron chi connectivity index (χ1n) is 11.2. The van der Waals surface area contributed by atoms with Crippen molar-refractivity contribution in [3.63, 3.8) is 0 Å². The summed E-state index contributed by atoms with van der Waals surface area (Å²) in [4.78, 5) is 30.2. The number of aromatic nitrogens is 1. The number of nitrogens with one attached hydrogen (secondary N) is 2. The minimum absolute atomic E-state index is 0.0461. The maximum Gasteiger partial charge on any atom is 0.263 e. The molecular formula is C26H28F2N2O5S. The fourth-order valence-electron chi connectivity index (χ4n) is 3.98. The predicted molar refractivity (Wildman–Crippen MR) is 133 cm³/mol. The highest BCUT2D eigenvalue weighted by molar-refractivity contribution is 7.90. The lowest BCUT2D eigenvalue weighted by Gasteiger charge is -2.19. The number of sulfone groups is 1. The molecular weight excluding hydrogens is 490 g/mol. The average Bonchev–Trinajstić information content (AvgIpc) is 2.82. The van der Waals surface area contributed by atoms with Gasteiger partial charge in [-0.2, -0.15) is 0 Å². The van der Waals surface area contributed by atoms with Crippen LogP contribution in [0.4, 0.5) is 8.78 Å². The number of carbonyl (C=O) groups is 1. The number of benzene rings is 2. The first kappa shape index (κ1) is 27.2. The van der Waals surface area contributed by atoms with Gasteiger partial charge in [0.05, 0.1) is 11.5 Å². The van der Waals surface area contributed by atoms with Crippen molar-refractivity contribution in [3.05, 3.63) is 86.8 Å². The molecule has 0 saturated heterocycles. The Morgan fingerprint density at radius 1 is 1.14 bits per heavy atom. The molecule has 0 unspecified atom stereocenters. The summed E-state index contributed by atoms with van der Waals surface area (Å²) in [5, 5.41) is 2.71. The van der Waals surface area contributed by atoms with Gasteiger partial charge in [0.25, 0.3) is 12.3 Å². The van der Waals surface area contributed by atoms with Crippen LogP contribution in [0.25, 0.3) is 11.1 Å². The second-order valence-corrected chi connectivity index (χ2v) is 10.6. The Balaban J connectivity index is 2.03. The van der Waals surface area contributed by atoms with Gasteiger partial charge in [0, 0.05) is 48.3 Å². The zero-order valence-electron chi connectivity index (χ0n) is 20.4. The number of hydrogen-bond acceptors (Lipinski definition) is 5. The lowest BCUT2D eigenvalue weighted by Crippen LogP contribution is -2.32. The Hall–Kier alpha value is -3.37. The number of aryl methyl sites for hydroxylation is 1. The van der Waals surface area contributed by atoms with Gasteiger partial charge in [-0.15, -0.1) is 0 Å². The lowest BCUT2D eigenvalue weighted by molar-refractivity contribution is 0.0946. The normalized spacial score (nSPS) is 12.5. The fraction of sp³-hybridized carbons (Fsp3) is 0.308. The molecule has 0 saturated carbocycles. The Kier molecular flexibility index (Phi) is 8.42. The van der Waals surface area contributed by atoms with Crippen molar-refractivity contribution in [3.8, 4) is 11.1 Å². The number of carbonyl (C=O) groups excluding carboxylic acids is 1. The third-order valence-corrected chi connectivity index (χ3v) is 6.92. The lowest BCUT2D eigenvalue weighted by atomic mass is 9.94. The molecule has 0 spiro atoms. The quantitative estimate of drug-likeness (QED) is 0.438. The zero-order chi connectivity index (χ0) is 26.6. The zero-order valence-corrected chi connectivity index (χ0v) is 21.2. The number of alkyl halides is 2. The Labute approximate surface area is 208 Å². The van der Waals surface area contributed by atoms with Crippen LogP contribution in [0.2, 0.25) is 0 Å². The summed E-state index contributed by atoms with van der Waals surface area (Å²) in [7, 11) is -1.85. The van der Waals surface area contributed by atoms with Crippen LogP contribution in [-0.4, -0.2) is 39.3 Å². The van der Waals surface area contributed by atoms with Gasteiger partial charge in [0.15, 0.2) is 9.84 Å². The molecule has 36 heavy (non-hydrogen) atoms. The Morgan fingerprint density at radius 2 is 1.81 bits per heavy atom. The van der Waals surface area contributed by atoms with Crippen LogP contribution in [0.5, 0.6) is 0 Å². The Bertz CT molecular complexity index is 1420. The summed E-state index contributed by atoms with van der Waals surface area (Å²) >= 11 is 0. The molecule has 2 N–H and O–H groups in total. The topological polar surface area (TPSA) is 105 Å². The van der Waals surface area contributed by atoms with Gasteiger partial charge in [-0.05, 0) is 36.2 Å². The van der Waals surface area contributed by atoms with Crippen molar-refractivity contribution >= 4 is 15.7 Å². The van der Waals surface area contributed by atoms with E-state index in [1.807, 2.05) is 0 Å². The highest BCUT2D eigenvalue weighted by atomic mass is 32.2. The van der Waals surface area contributed by atoms with Crippen molar-refractivity contribution in [2.75, 3.05) is 20.0 Å². The van der Waals surface area contributed by atoms with Crippen LogP contribution in [0.15, 0.2) is 58.2 Å². The third-order valence-electron chi connectivity index (χ3n) is 5.79. The van der Waals surface area contributed by atoms with Crippen molar-refractivity contribution in [2.45, 2.75) is 37.6 Å². The molecule has 0 aliphatic heterocycles. The van der Waals surface area contributed by atoms with E-state index in [1.54, 1.807) is 32.0 Å². The van der Waals surface area contributed by atoms with Crippen molar-refractivity contribution in [1.29, 1.82) is 0 Å². The third kappa shape index (κ3) is 6.06. The molecule has 3 aromatic rings. The van der Waals surface area contributed by atoms with E-state index in [0.29, 0.717) is 17.0 Å². The maximum atomic E-state index is 13.6. The highest BCUT2D eigenvalue weighted by Crippen LogP contribution is 2.27. The largest absolute Gasteiger partial charge is 0.384 e. The molecule has 1 atom stereocenters. The van der Waals surface area contributed by atoms with E-state index >= 15 is 0 Å². The smallest absolute Gasteiger partial charge is 0.263 e. The van der Waals surface area contributed by atoms with Crippen LogP contribution in [0, 0.1) is 6.92 Å². The molecule has 0 aliphatic carbocycles. The summed E-state index contributed by atoms with van der Waals surface area (Å²) in [6.07, 6.45) is -1.60. The van der Waals surface area contributed by atoms with Gasteiger partial charge in [-0.1, -0.05) is 37.3 Å². The van der Waals surface area contributed by atoms with Gasteiger partial charge < -0.3 is 15.0 Å². The van der Waals surface area contributed by atoms with Crippen molar-refractivity contribution < 1.29 is 26.7 Å². The van der Waals surface area contributed by atoms with Crippen LogP contribution < -0.4 is 10.7 Å². The van der Waals surface area contributed by atoms with E-state index in [0.717, 1.165) is 6.26 Å². The molecule has 7 nitrogen and oxygen atoms in total. The summed E-state index contributed by atoms with van der Waals surface area (Å²) in [6, 6.07) is 11.5. The molecule has 0 fully saturated rings. The van der Waals surface area contributed by atoms with Crippen molar-refractivity contribution in [2.24, 2.45) is 0 Å². The summed E-state index contributed by atoms with van der Waals surface area (Å²) in [5.74, 6) is -0.981. The summed E-state index contributed by atoms with van der Waals surface area (Å²) in [6.45, 7) is 3.74. The number of methoxy groups -OCH3 is 1. The monoisotopic (exact) mass is 518 g/mol. The van der Waals surface area contributed by atoms with Gasteiger partial charge in [0.2, 0.25) is 5.43 Å². The molecule has 0 bridgehead atoms. The second-order valence-electron chi connectivity index (χ2n) is 8.62. The molecule has 192 valence electrons. The minimum Gasteiger partial charge on any atom is -0.384 e. The highest BCUT2D eigenvalue weighted by Gasteiger charge is 2.25. The molecule has 1 aromatic heterocycles. The molecule has 0 aliphatic rings. The number of ether oxygens (including phenoxy) is 1. The fourth-order valence-corrected chi connectivity index (χ4v) is 4.61. The van der Waals surface area contributed by atoms with Gasteiger partial charge in [-0.3, -0.25) is 9.59 Å². The minimum atomic E-state index is -3.36. The maximum absolute atomic E-state index is 13.6. The summed E-state index contributed by atoms with van der Waals surface area (Å²) < 4.78 is 55.1. The SMILES string of the molecule is COC[C@@H](C)c1[nH]c(C)c(-c2cccc(C(F)F)c2)c(=O)c1C(=O)NCc1ccc(S(C)(=O)=O)cc1. The van der Waals surface area contributed by atoms with Crippen LogP contribution in [0.3, 0.4) is 0 Å². The second kappa shape index (κ2) is 11.1. The van der Waals surface area contributed by atoms with E-state index in [9.17, 15) is 26.8 Å². The molecule has 1 amide bonds. The van der Waals surface area contributed by atoms with E-state index in [2.05, 4.69) is 10.3 Å². The average molecular weight is 519 g/mol. The first-order valence-corrected chi connectivity index (χ1v) is 13.0. The number of pyridine rings is 1. The Morgan fingerprint density at radius 3 is 2.39 bits per heavy atom. The van der Waals surface area contributed by atoms with Crippen molar-refractivity contribution in [1.82, 2.24) is 10.3 Å². The van der Waals surface area contributed by atoms with Gasteiger partial charge >= 0.3 is 0 Å². The number of H-pyrrole nitrogens is 1. The first-order chi connectivity index (χ1) is 16.9. The van der Waals surface area contributed by atoms with E-state index < -0.39 is 27.6 Å². The van der Waals surface area contributed by atoms with E-state index in [-0.39, 0.29) is 46.2 Å². The molecule has 2 aromatic carbocycles. The van der Waals surface area contributed by atoms with Crippen LogP contribution >= 0.6 is 0 Å².